The Hall–Kier alpha value is -1.82. The van der Waals surface area contributed by atoms with Crippen LogP contribution < -0.4 is 10.6 Å². The zero-order valence-electron chi connectivity index (χ0n) is 13.1. The van der Waals surface area contributed by atoms with Crippen molar-refractivity contribution in [3.8, 4) is 0 Å². The van der Waals surface area contributed by atoms with Crippen molar-refractivity contribution < 1.29 is 14.0 Å². The van der Waals surface area contributed by atoms with Crippen LogP contribution in [0.5, 0.6) is 0 Å². The molecular weight excluding hydrogens is 390 g/mol. The molecule has 0 aromatic heterocycles. The van der Waals surface area contributed by atoms with Crippen molar-refractivity contribution in [3.63, 3.8) is 0 Å². The third kappa shape index (κ3) is 5.33. The molecule has 0 aliphatic rings. The number of carbonyl (C=O) groups excluding carboxylic acids is 2. The summed E-state index contributed by atoms with van der Waals surface area (Å²) < 4.78 is 13.2. The Labute approximate surface area is 159 Å². The average Bonchev–Trinajstić information content (AvgIpc) is 2.55. The molecule has 0 spiro atoms. The van der Waals surface area contributed by atoms with Gasteiger partial charge in [-0.05, 0) is 42.8 Å². The molecule has 2 rings (SSSR count). The SMILES string of the molecule is CC(NC(=O)CNC(=O)c1ccc(Cl)cc1Cl)c1ccc(F)c(Cl)c1. The van der Waals surface area contributed by atoms with Crippen molar-refractivity contribution in [1.29, 1.82) is 0 Å². The summed E-state index contributed by atoms with van der Waals surface area (Å²) >= 11 is 17.4. The molecular formula is C17H14Cl3FN2O2. The highest BCUT2D eigenvalue weighted by Crippen LogP contribution is 2.21. The first kappa shape index (κ1) is 19.5. The summed E-state index contributed by atoms with van der Waals surface area (Å²) in [5, 5.41) is 5.74. The average molecular weight is 404 g/mol. The maximum absolute atomic E-state index is 13.2. The van der Waals surface area contributed by atoms with Crippen LogP contribution in [-0.4, -0.2) is 18.4 Å². The molecule has 0 saturated heterocycles. The van der Waals surface area contributed by atoms with Crippen LogP contribution in [0.4, 0.5) is 4.39 Å². The van der Waals surface area contributed by atoms with Gasteiger partial charge in [0.05, 0.1) is 28.2 Å². The summed E-state index contributed by atoms with van der Waals surface area (Å²) in [6.07, 6.45) is 0. The molecule has 0 heterocycles. The second kappa shape index (κ2) is 8.52. The van der Waals surface area contributed by atoms with Crippen LogP contribution in [0.3, 0.4) is 0 Å². The molecule has 0 radical (unpaired) electrons. The minimum absolute atomic E-state index is 0.0238. The third-order valence-electron chi connectivity index (χ3n) is 3.41. The van der Waals surface area contributed by atoms with Gasteiger partial charge < -0.3 is 10.6 Å². The molecule has 1 atom stereocenters. The van der Waals surface area contributed by atoms with Crippen molar-refractivity contribution in [2.45, 2.75) is 13.0 Å². The Morgan fingerprint density at radius 2 is 1.80 bits per heavy atom. The molecule has 0 aliphatic heterocycles. The molecule has 0 aliphatic carbocycles. The smallest absolute Gasteiger partial charge is 0.253 e. The standard InChI is InChI=1S/C17H14Cl3FN2O2/c1-9(10-2-5-15(21)14(20)6-10)23-16(24)8-22-17(25)12-4-3-11(18)7-13(12)19/h2-7,9H,8H2,1H3,(H,22,25)(H,23,24). The van der Waals surface area contributed by atoms with Crippen molar-refractivity contribution in [3.05, 3.63) is 68.4 Å². The van der Waals surface area contributed by atoms with E-state index >= 15 is 0 Å². The summed E-state index contributed by atoms with van der Waals surface area (Å²) in [7, 11) is 0. The third-order valence-corrected chi connectivity index (χ3v) is 4.24. The fourth-order valence-corrected chi connectivity index (χ4v) is 2.77. The molecule has 2 aromatic carbocycles. The van der Waals surface area contributed by atoms with Gasteiger partial charge >= 0.3 is 0 Å². The highest BCUT2D eigenvalue weighted by Gasteiger charge is 2.14. The van der Waals surface area contributed by atoms with E-state index in [1.807, 2.05) is 0 Å². The molecule has 0 saturated carbocycles. The van der Waals surface area contributed by atoms with E-state index in [0.717, 1.165) is 0 Å². The van der Waals surface area contributed by atoms with Crippen LogP contribution in [-0.2, 0) is 4.79 Å². The van der Waals surface area contributed by atoms with Crippen molar-refractivity contribution in [2.24, 2.45) is 0 Å². The zero-order valence-corrected chi connectivity index (χ0v) is 15.3. The highest BCUT2D eigenvalue weighted by atomic mass is 35.5. The van der Waals surface area contributed by atoms with E-state index < -0.39 is 23.7 Å². The minimum Gasteiger partial charge on any atom is -0.348 e. The Balaban J connectivity index is 1.91. The number of hydrogen-bond acceptors (Lipinski definition) is 2. The lowest BCUT2D eigenvalue weighted by molar-refractivity contribution is -0.120. The Morgan fingerprint density at radius 3 is 2.44 bits per heavy atom. The van der Waals surface area contributed by atoms with Gasteiger partial charge in [-0.3, -0.25) is 9.59 Å². The maximum atomic E-state index is 13.2. The molecule has 2 N–H and O–H groups in total. The monoisotopic (exact) mass is 402 g/mol. The fraction of sp³-hybridized carbons (Fsp3) is 0.176. The fourth-order valence-electron chi connectivity index (χ4n) is 2.09. The van der Waals surface area contributed by atoms with Gasteiger partial charge in [-0.2, -0.15) is 0 Å². The number of rotatable bonds is 5. The second-order valence-electron chi connectivity index (χ2n) is 5.27. The second-order valence-corrected chi connectivity index (χ2v) is 6.52. The highest BCUT2D eigenvalue weighted by molar-refractivity contribution is 6.36. The Morgan fingerprint density at radius 1 is 1.08 bits per heavy atom. The van der Waals surface area contributed by atoms with Gasteiger partial charge in [0.25, 0.3) is 5.91 Å². The van der Waals surface area contributed by atoms with Crippen LogP contribution >= 0.6 is 34.8 Å². The number of carbonyl (C=O) groups is 2. The largest absolute Gasteiger partial charge is 0.348 e. The van der Waals surface area contributed by atoms with Gasteiger partial charge in [0.15, 0.2) is 0 Å². The summed E-state index contributed by atoms with van der Waals surface area (Å²) in [6.45, 7) is 1.48. The molecule has 2 amide bonds. The Bertz CT molecular complexity index is 814. The Kier molecular flexibility index (Phi) is 6.64. The van der Waals surface area contributed by atoms with Crippen molar-refractivity contribution in [2.75, 3.05) is 6.54 Å². The minimum atomic E-state index is -0.531. The van der Waals surface area contributed by atoms with Gasteiger partial charge in [-0.25, -0.2) is 4.39 Å². The van der Waals surface area contributed by atoms with Crippen LogP contribution in [0.25, 0.3) is 0 Å². The van der Waals surface area contributed by atoms with Crippen molar-refractivity contribution >= 4 is 46.6 Å². The van der Waals surface area contributed by atoms with Crippen LogP contribution in [0.1, 0.15) is 28.9 Å². The first-order chi connectivity index (χ1) is 11.8. The molecule has 2 aromatic rings. The van der Waals surface area contributed by atoms with Crippen molar-refractivity contribution in [1.82, 2.24) is 10.6 Å². The van der Waals surface area contributed by atoms with Crippen LogP contribution in [0.2, 0.25) is 15.1 Å². The maximum Gasteiger partial charge on any atom is 0.253 e. The predicted molar refractivity (Wildman–Crippen MR) is 96.8 cm³/mol. The van der Waals surface area contributed by atoms with Gasteiger partial charge in [-0.1, -0.05) is 40.9 Å². The first-order valence-electron chi connectivity index (χ1n) is 7.25. The molecule has 0 bridgehead atoms. The molecule has 1 unspecified atom stereocenters. The molecule has 25 heavy (non-hydrogen) atoms. The van der Waals surface area contributed by atoms with Gasteiger partial charge in [0.2, 0.25) is 5.91 Å². The first-order valence-corrected chi connectivity index (χ1v) is 8.39. The molecule has 0 fully saturated rings. The summed E-state index contributed by atoms with van der Waals surface area (Å²) in [4.78, 5) is 24.0. The normalized spacial score (nSPS) is 11.7. The van der Waals surface area contributed by atoms with E-state index in [-0.39, 0.29) is 22.2 Å². The van der Waals surface area contributed by atoms with Gasteiger partial charge in [0, 0.05) is 5.02 Å². The van der Waals surface area contributed by atoms with Gasteiger partial charge in [-0.15, -0.1) is 0 Å². The summed E-state index contributed by atoms with van der Waals surface area (Å²) in [5.41, 5.74) is 0.865. The van der Waals surface area contributed by atoms with E-state index in [1.165, 1.54) is 36.4 Å². The quantitative estimate of drug-likeness (QED) is 0.778. The number of hydrogen-bond donors (Lipinski definition) is 2. The number of amides is 2. The van der Waals surface area contributed by atoms with E-state index in [2.05, 4.69) is 10.6 Å². The lowest BCUT2D eigenvalue weighted by Gasteiger charge is -2.15. The lowest BCUT2D eigenvalue weighted by atomic mass is 10.1. The van der Waals surface area contributed by atoms with Crippen LogP contribution in [0, 0.1) is 5.82 Å². The predicted octanol–water partition coefficient (Wildman–Crippen LogP) is 4.39. The number of benzene rings is 2. The molecule has 132 valence electrons. The van der Waals surface area contributed by atoms with Gasteiger partial charge in [0.1, 0.15) is 5.82 Å². The zero-order chi connectivity index (χ0) is 18.6. The number of nitrogens with one attached hydrogen (secondary N) is 2. The van der Waals surface area contributed by atoms with E-state index in [9.17, 15) is 14.0 Å². The summed E-state index contributed by atoms with van der Waals surface area (Å²) in [5.74, 6) is -1.43. The van der Waals surface area contributed by atoms with Crippen LogP contribution in [0.15, 0.2) is 36.4 Å². The van der Waals surface area contributed by atoms with E-state index in [4.69, 9.17) is 34.8 Å². The lowest BCUT2D eigenvalue weighted by Crippen LogP contribution is -2.38. The number of halogens is 4. The molecule has 4 nitrogen and oxygen atoms in total. The van der Waals surface area contributed by atoms with E-state index in [1.54, 1.807) is 6.92 Å². The van der Waals surface area contributed by atoms with E-state index in [0.29, 0.717) is 10.6 Å². The summed E-state index contributed by atoms with van der Waals surface area (Å²) in [6, 6.07) is 8.24. The topological polar surface area (TPSA) is 58.2 Å². The molecule has 8 heteroatoms.